The van der Waals surface area contributed by atoms with Crippen LogP contribution < -0.4 is 0 Å². The minimum absolute atomic E-state index is 0.134. The molecule has 0 unspecified atom stereocenters. The smallest absolute Gasteiger partial charge is 0.338 e. The van der Waals surface area contributed by atoms with Crippen molar-refractivity contribution >= 4 is 28.8 Å². The third-order valence-electron chi connectivity index (χ3n) is 6.15. The van der Waals surface area contributed by atoms with Crippen LogP contribution in [0.25, 0.3) is 0 Å². The molecule has 0 saturated carbocycles. The first-order valence-corrected chi connectivity index (χ1v) is 11.7. The number of hydrogen-bond donors (Lipinski definition) is 0. The Labute approximate surface area is 188 Å². The van der Waals surface area contributed by atoms with Crippen LogP contribution in [0.15, 0.2) is 45.6 Å². The van der Waals surface area contributed by atoms with Crippen molar-refractivity contribution in [2.24, 2.45) is 4.99 Å². The second-order valence-electron chi connectivity index (χ2n) is 8.22. The van der Waals surface area contributed by atoms with E-state index in [0.29, 0.717) is 18.4 Å². The highest BCUT2D eigenvalue weighted by atomic mass is 32.2. The molecule has 1 aromatic rings. The van der Waals surface area contributed by atoms with Crippen LogP contribution in [-0.4, -0.2) is 47.0 Å². The maximum Gasteiger partial charge on any atom is 0.338 e. The van der Waals surface area contributed by atoms with Gasteiger partial charge >= 0.3 is 5.97 Å². The summed E-state index contributed by atoms with van der Waals surface area (Å²) < 4.78 is 5.20. The van der Waals surface area contributed by atoms with Gasteiger partial charge < -0.3 is 14.5 Å². The second kappa shape index (κ2) is 8.91. The molecule has 7 heteroatoms. The Morgan fingerprint density at radius 3 is 2.65 bits per heavy atom. The van der Waals surface area contributed by atoms with Crippen molar-refractivity contribution < 1.29 is 14.3 Å². The van der Waals surface area contributed by atoms with Crippen LogP contribution in [-0.2, 0) is 14.3 Å². The highest BCUT2D eigenvalue weighted by Gasteiger charge is 2.42. The van der Waals surface area contributed by atoms with E-state index in [1.54, 1.807) is 0 Å². The number of likely N-dealkylation sites (tertiary alicyclic amines) is 1. The fraction of sp³-hybridized carbons (Fsp3) is 0.458. The van der Waals surface area contributed by atoms with Gasteiger partial charge in [-0.15, -0.1) is 0 Å². The average molecular weight is 440 g/mol. The molecule has 4 rings (SSSR count). The maximum atomic E-state index is 13.0. The van der Waals surface area contributed by atoms with Crippen LogP contribution in [0.1, 0.15) is 55.3 Å². The van der Waals surface area contributed by atoms with E-state index in [4.69, 9.17) is 9.73 Å². The van der Waals surface area contributed by atoms with Crippen LogP contribution in [0.4, 0.5) is 0 Å². The third-order valence-corrected chi connectivity index (χ3v) is 7.04. The summed E-state index contributed by atoms with van der Waals surface area (Å²) in [7, 11) is 1.41. The van der Waals surface area contributed by atoms with E-state index in [1.807, 2.05) is 17.2 Å². The van der Waals surface area contributed by atoms with Crippen molar-refractivity contribution in [2.75, 3.05) is 20.2 Å². The van der Waals surface area contributed by atoms with Gasteiger partial charge in [0.1, 0.15) is 0 Å². The molecular formula is C24H29N3O3S. The van der Waals surface area contributed by atoms with Crippen molar-refractivity contribution in [3.8, 4) is 0 Å². The zero-order valence-corrected chi connectivity index (χ0v) is 19.4. The van der Waals surface area contributed by atoms with Crippen molar-refractivity contribution in [2.45, 2.75) is 52.5 Å². The van der Waals surface area contributed by atoms with Crippen molar-refractivity contribution in [3.63, 3.8) is 0 Å². The van der Waals surface area contributed by atoms with E-state index in [-0.39, 0.29) is 17.9 Å². The minimum atomic E-state index is -0.368. The average Bonchev–Trinajstić information content (AvgIpc) is 3.44. The summed E-state index contributed by atoms with van der Waals surface area (Å²) >= 11 is 1.52. The van der Waals surface area contributed by atoms with Crippen LogP contribution >= 0.6 is 11.8 Å². The largest absolute Gasteiger partial charge is 0.466 e. The van der Waals surface area contributed by atoms with Crippen molar-refractivity contribution in [3.05, 3.63) is 57.3 Å². The van der Waals surface area contributed by atoms with Gasteiger partial charge in [-0.2, -0.15) is 0 Å². The number of carbonyl (C=O) groups is 2. The summed E-state index contributed by atoms with van der Waals surface area (Å²) in [6, 6.07) is 5.92. The van der Waals surface area contributed by atoms with Gasteiger partial charge in [-0.3, -0.25) is 4.79 Å². The highest BCUT2D eigenvalue weighted by molar-refractivity contribution is 8.16. The van der Waals surface area contributed by atoms with Gasteiger partial charge in [-0.1, -0.05) is 42.4 Å². The van der Waals surface area contributed by atoms with E-state index < -0.39 is 0 Å². The number of fused-ring (bicyclic) bond motifs is 1. The lowest BCUT2D eigenvalue weighted by atomic mass is 9.89. The Balaban J connectivity index is 1.79. The Hall–Kier alpha value is -2.54. The number of nitrogens with zero attached hydrogens (tertiary/aromatic N) is 3. The topological polar surface area (TPSA) is 62.2 Å². The predicted molar refractivity (Wildman–Crippen MR) is 123 cm³/mol. The first kappa shape index (κ1) is 21.7. The van der Waals surface area contributed by atoms with Gasteiger partial charge in [0.2, 0.25) is 5.91 Å². The van der Waals surface area contributed by atoms with Crippen LogP contribution in [0.3, 0.4) is 0 Å². The Morgan fingerprint density at radius 2 is 1.97 bits per heavy atom. The molecule has 3 aliphatic rings. The van der Waals surface area contributed by atoms with Crippen LogP contribution in [0.2, 0.25) is 0 Å². The molecule has 0 aromatic heterocycles. The number of methoxy groups -OCH3 is 1. The SMILES string of the molecule is CCC1=C(C(=O)OC)[C@@H](c2cc(C)ccc2C)N2C(CC(=O)N3CCCC3)=CSC2=N1. The number of thioether (sulfide) groups is 1. The standard InChI is InChI=1S/C24H29N3O3S/c1-5-19-21(23(29)30-4)22(18-12-15(2)8-9-16(18)3)27-17(14-31-24(27)25-19)13-20(28)26-10-6-7-11-26/h8-9,12,14,22H,5-7,10-11,13H2,1-4H3/t22-/m1/s1. The van der Waals surface area contributed by atoms with E-state index in [0.717, 1.165) is 59.2 Å². The lowest BCUT2D eigenvalue weighted by Crippen LogP contribution is -2.38. The number of benzene rings is 1. The van der Waals surface area contributed by atoms with Gasteiger partial charge in [-0.25, -0.2) is 9.79 Å². The normalized spacial score (nSPS) is 20.6. The molecule has 1 fully saturated rings. The number of hydrogen-bond acceptors (Lipinski definition) is 6. The number of rotatable bonds is 5. The molecule has 0 aliphatic carbocycles. The molecular weight excluding hydrogens is 410 g/mol. The third kappa shape index (κ3) is 4.03. The van der Waals surface area contributed by atoms with E-state index in [1.165, 1.54) is 18.9 Å². The summed E-state index contributed by atoms with van der Waals surface area (Å²) in [5.41, 5.74) is 5.46. The van der Waals surface area contributed by atoms with E-state index >= 15 is 0 Å². The molecule has 1 atom stereocenters. The number of esters is 1. The number of aryl methyl sites for hydroxylation is 2. The fourth-order valence-electron chi connectivity index (χ4n) is 4.49. The molecule has 31 heavy (non-hydrogen) atoms. The highest BCUT2D eigenvalue weighted by Crippen LogP contribution is 2.46. The molecule has 0 radical (unpaired) electrons. The molecule has 164 valence electrons. The zero-order chi connectivity index (χ0) is 22.1. The first-order chi connectivity index (χ1) is 14.9. The monoisotopic (exact) mass is 439 g/mol. The number of amidine groups is 1. The summed E-state index contributed by atoms with van der Waals surface area (Å²) in [5, 5.41) is 2.83. The molecule has 6 nitrogen and oxygen atoms in total. The minimum Gasteiger partial charge on any atom is -0.466 e. The van der Waals surface area contributed by atoms with Gasteiger partial charge in [0.15, 0.2) is 5.17 Å². The maximum absolute atomic E-state index is 13.0. The number of carbonyl (C=O) groups excluding carboxylic acids is 2. The van der Waals surface area contributed by atoms with Crippen LogP contribution in [0, 0.1) is 13.8 Å². The molecule has 0 N–H and O–H groups in total. The van der Waals surface area contributed by atoms with E-state index in [9.17, 15) is 9.59 Å². The fourth-order valence-corrected chi connectivity index (χ4v) is 5.43. The summed E-state index contributed by atoms with van der Waals surface area (Å²) in [6.07, 6.45) is 3.07. The predicted octanol–water partition coefficient (Wildman–Crippen LogP) is 4.45. The Kier molecular flexibility index (Phi) is 6.23. The van der Waals surface area contributed by atoms with Crippen molar-refractivity contribution in [1.29, 1.82) is 0 Å². The summed E-state index contributed by atoms with van der Waals surface area (Å²) in [4.78, 5) is 34.7. The second-order valence-corrected chi connectivity index (χ2v) is 9.06. The Morgan fingerprint density at radius 1 is 1.23 bits per heavy atom. The van der Waals surface area contributed by atoms with Gasteiger partial charge in [0, 0.05) is 18.8 Å². The molecule has 1 aromatic carbocycles. The number of allylic oxidation sites excluding steroid dienone is 1. The zero-order valence-electron chi connectivity index (χ0n) is 18.6. The van der Waals surface area contributed by atoms with Gasteiger partial charge in [0.05, 0.1) is 30.8 Å². The van der Waals surface area contributed by atoms with Crippen molar-refractivity contribution in [1.82, 2.24) is 9.80 Å². The number of ether oxygens (including phenoxy) is 1. The molecule has 0 spiro atoms. The molecule has 0 bridgehead atoms. The molecule has 1 amide bonds. The quantitative estimate of drug-likeness (QED) is 0.634. The lowest BCUT2D eigenvalue weighted by molar-refractivity contribution is -0.136. The van der Waals surface area contributed by atoms with E-state index in [2.05, 4.69) is 36.9 Å². The van der Waals surface area contributed by atoms with Gasteiger partial charge in [0.25, 0.3) is 0 Å². The molecule has 3 aliphatic heterocycles. The lowest BCUT2D eigenvalue weighted by Gasteiger charge is -2.37. The number of amides is 1. The van der Waals surface area contributed by atoms with Gasteiger partial charge in [-0.05, 0) is 49.6 Å². The molecule has 3 heterocycles. The van der Waals surface area contributed by atoms with Crippen LogP contribution in [0.5, 0.6) is 0 Å². The molecule has 1 saturated heterocycles. The Bertz CT molecular complexity index is 1010. The number of aliphatic imine (C=N–C) groups is 1. The summed E-state index contributed by atoms with van der Waals surface area (Å²) in [6.45, 7) is 7.77. The summed E-state index contributed by atoms with van der Waals surface area (Å²) in [5.74, 6) is -0.233. The first-order valence-electron chi connectivity index (χ1n) is 10.8.